The molecule has 0 aromatic heterocycles. The monoisotopic (exact) mass is 226 g/mol. The van der Waals surface area contributed by atoms with Crippen molar-refractivity contribution in [2.24, 2.45) is 11.5 Å². The van der Waals surface area contributed by atoms with Gasteiger partial charge in [-0.3, -0.25) is 10.8 Å². The molecule has 14 heavy (non-hydrogen) atoms. The average molecular weight is 226 g/mol. The van der Waals surface area contributed by atoms with Gasteiger partial charge in [-0.25, -0.2) is 0 Å². The van der Waals surface area contributed by atoms with Gasteiger partial charge in [-0.15, -0.1) is 0 Å². The maximum Gasteiger partial charge on any atom is 0.155 e. The van der Waals surface area contributed by atoms with Gasteiger partial charge in [-0.05, 0) is 12.1 Å². The van der Waals surface area contributed by atoms with Gasteiger partial charge in [0.15, 0.2) is 10.3 Å². The Morgan fingerprint density at radius 1 is 0.929 bits per heavy atom. The molecule has 74 valence electrons. The van der Waals surface area contributed by atoms with E-state index in [9.17, 15) is 0 Å². The summed E-state index contributed by atoms with van der Waals surface area (Å²) in [6.45, 7) is 0. The molecule has 1 aromatic rings. The van der Waals surface area contributed by atoms with Crippen LogP contribution in [-0.4, -0.2) is 10.3 Å². The third-order valence-electron chi connectivity index (χ3n) is 1.29. The molecule has 4 nitrogen and oxygen atoms in total. The minimum absolute atomic E-state index is 0.0293. The van der Waals surface area contributed by atoms with Gasteiger partial charge in [0.2, 0.25) is 0 Å². The van der Waals surface area contributed by atoms with E-state index in [1.54, 1.807) is 0 Å². The van der Waals surface area contributed by atoms with Crippen LogP contribution >= 0.6 is 23.5 Å². The lowest BCUT2D eigenvalue weighted by atomic mass is 10.4. The second kappa shape index (κ2) is 4.92. The summed E-state index contributed by atoms with van der Waals surface area (Å²) < 4.78 is 0. The van der Waals surface area contributed by atoms with Gasteiger partial charge in [-0.2, -0.15) is 0 Å². The summed E-state index contributed by atoms with van der Waals surface area (Å²) in [7, 11) is 0. The van der Waals surface area contributed by atoms with Crippen LogP contribution in [0.5, 0.6) is 0 Å². The van der Waals surface area contributed by atoms with Crippen LogP contribution < -0.4 is 11.5 Å². The molecule has 0 aliphatic carbocycles. The molecule has 0 aliphatic rings. The molecule has 0 heterocycles. The summed E-state index contributed by atoms with van der Waals surface area (Å²) >= 11 is 2.31. The van der Waals surface area contributed by atoms with Crippen molar-refractivity contribution in [1.29, 1.82) is 10.8 Å². The second-order valence-corrected chi connectivity index (χ2v) is 4.55. The topological polar surface area (TPSA) is 99.7 Å². The van der Waals surface area contributed by atoms with Crippen molar-refractivity contribution in [2.45, 2.75) is 9.79 Å². The molecular formula is C8H10N4S2. The van der Waals surface area contributed by atoms with E-state index in [1.165, 1.54) is 0 Å². The molecule has 1 aromatic carbocycles. The Kier molecular flexibility index (Phi) is 3.84. The van der Waals surface area contributed by atoms with Crippen LogP contribution in [0.25, 0.3) is 0 Å². The van der Waals surface area contributed by atoms with Gasteiger partial charge in [0.25, 0.3) is 0 Å². The summed E-state index contributed by atoms with van der Waals surface area (Å²) in [4.78, 5) is 1.69. The SMILES string of the molecule is N=C(N)Sc1ccccc1SC(=N)N. The first-order valence-corrected chi connectivity index (χ1v) is 5.35. The van der Waals surface area contributed by atoms with E-state index in [-0.39, 0.29) is 10.3 Å². The summed E-state index contributed by atoms with van der Waals surface area (Å²) in [6, 6.07) is 7.40. The molecule has 0 spiro atoms. The zero-order chi connectivity index (χ0) is 10.6. The zero-order valence-corrected chi connectivity index (χ0v) is 8.91. The zero-order valence-electron chi connectivity index (χ0n) is 7.28. The maximum atomic E-state index is 7.16. The van der Waals surface area contributed by atoms with Gasteiger partial charge < -0.3 is 11.5 Å². The van der Waals surface area contributed by atoms with Crippen LogP contribution in [0.4, 0.5) is 0 Å². The minimum Gasteiger partial charge on any atom is -0.378 e. The molecule has 1 rings (SSSR count). The highest BCUT2D eigenvalue weighted by molar-refractivity contribution is 8.16. The molecule has 0 saturated carbocycles. The highest BCUT2D eigenvalue weighted by atomic mass is 32.2. The Balaban J connectivity index is 2.90. The molecule has 0 aliphatic heterocycles. The van der Waals surface area contributed by atoms with E-state index < -0.39 is 0 Å². The number of thioether (sulfide) groups is 2. The van der Waals surface area contributed by atoms with Crippen molar-refractivity contribution in [3.05, 3.63) is 24.3 Å². The second-order valence-electron chi connectivity index (χ2n) is 2.38. The largest absolute Gasteiger partial charge is 0.378 e. The maximum absolute atomic E-state index is 7.16. The highest BCUT2D eigenvalue weighted by Crippen LogP contribution is 2.29. The molecule has 6 N–H and O–H groups in total. The van der Waals surface area contributed by atoms with E-state index in [4.69, 9.17) is 22.3 Å². The summed E-state index contributed by atoms with van der Waals surface area (Å²) in [5, 5.41) is 14.4. The molecule has 6 heteroatoms. The van der Waals surface area contributed by atoms with Crippen LogP contribution in [0.1, 0.15) is 0 Å². The van der Waals surface area contributed by atoms with Crippen molar-refractivity contribution < 1.29 is 0 Å². The molecular weight excluding hydrogens is 216 g/mol. The molecule has 0 fully saturated rings. The number of nitrogens with two attached hydrogens (primary N) is 2. The standard InChI is InChI=1S/C8H10N4S2/c9-7(10)13-5-3-1-2-4-6(5)14-8(11)12/h1-4H,(H3,9,10)(H3,11,12). The van der Waals surface area contributed by atoms with Crippen LogP contribution in [0.3, 0.4) is 0 Å². The minimum atomic E-state index is 0.0293. The van der Waals surface area contributed by atoms with E-state index >= 15 is 0 Å². The summed E-state index contributed by atoms with van der Waals surface area (Å²) in [5.74, 6) is 0. The predicted octanol–water partition coefficient (Wildman–Crippen LogP) is 1.66. The molecule has 0 bridgehead atoms. The number of hydrogen-bond acceptors (Lipinski definition) is 4. The number of hydrogen-bond donors (Lipinski definition) is 4. The van der Waals surface area contributed by atoms with Crippen LogP contribution in [0, 0.1) is 10.8 Å². The van der Waals surface area contributed by atoms with Gasteiger partial charge >= 0.3 is 0 Å². The van der Waals surface area contributed by atoms with Crippen LogP contribution in [-0.2, 0) is 0 Å². The fourth-order valence-corrected chi connectivity index (χ4v) is 2.21. The Hall–Kier alpha value is -1.14. The van der Waals surface area contributed by atoms with E-state index in [0.717, 1.165) is 33.3 Å². The first-order valence-electron chi connectivity index (χ1n) is 3.72. The number of benzene rings is 1. The third kappa shape index (κ3) is 3.31. The van der Waals surface area contributed by atoms with Crippen molar-refractivity contribution in [3.63, 3.8) is 0 Å². The van der Waals surface area contributed by atoms with Gasteiger partial charge in [0.05, 0.1) is 0 Å². The van der Waals surface area contributed by atoms with E-state index in [0.29, 0.717) is 0 Å². The average Bonchev–Trinajstić information content (AvgIpc) is 2.06. The van der Waals surface area contributed by atoms with Crippen molar-refractivity contribution in [1.82, 2.24) is 0 Å². The normalized spacial score (nSPS) is 9.71. The fourth-order valence-electron chi connectivity index (χ4n) is 0.856. The summed E-state index contributed by atoms with van der Waals surface area (Å²) in [5.41, 5.74) is 10.6. The van der Waals surface area contributed by atoms with Crippen molar-refractivity contribution in [2.75, 3.05) is 0 Å². The lowest BCUT2D eigenvalue weighted by molar-refractivity contribution is 1.26. The fraction of sp³-hybridized carbons (Fsp3) is 0. The first kappa shape index (κ1) is 10.9. The number of rotatable bonds is 2. The van der Waals surface area contributed by atoms with E-state index in [2.05, 4.69) is 0 Å². The first-order chi connectivity index (χ1) is 6.59. The molecule has 0 amide bonds. The third-order valence-corrected chi connectivity index (χ3v) is 3.01. The molecule has 0 radical (unpaired) electrons. The van der Waals surface area contributed by atoms with E-state index in [1.807, 2.05) is 24.3 Å². The molecule has 0 unspecified atom stereocenters. The van der Waals surface area contributed by atoms with Gasteiger partial charge in [0, 0.05) is 9.79 Å². The smallest absolute Gasteiger partial charge is 0.155 e. The Labute approximate surface area is 90.5 Å². The van der Waals surface area contributed by atoms with Crippen LogP contribution in [0.15, 0.2) is 34.1 Å². The van der Waals surface area contributed by atoms with Crippen LogP contribution in [0.2, 0.25) is 0 Å². The molecule has 0 saturated heterocycles. The van der Waals surface area contributed by atoms with Gasteiger partial charge in [-0.1, -0.05) is 35.7 Å². The van der Waals surface area contributed by atoms with Crippen molar-refractivity contribution in [3.8, 4) is 0 Å². The number of amidine groups is 2. The molecule has 0 atom stereocenters. The lowest BCUT2D eigenvalue weighted by Crippen LogP contribution is -2.05. The number of nitrogens with one attached hydrogen (secondary N) is 2. The Morgan fingerprint density at radius 2 is 1.29 bits per heavy atom. The lowest BCUT2D eigenvalue weighted by Gasteiger charge is -2.05. The highest BCUT2D eigenvalue weighted by Gasteiger charge is 2.05. The van der Waals surface area contributed by atoms with Gasteiger partial charge in [0.1, 0.15) is 0 Å². The summed E-state index contributed by atoms with van der Waals surface area (Å²) in [6.07, 6.45) is 0. The predicted molar refractivity (Wildman–Crippen MR) is 62.0 cm³/mol. The Morgan fingerprint density at radius 3 is 1.57 bits per heavy atom. The van der Waals surface area contributed by atoms with Crippen molar-refractivity contribution >= 4 is 33.9 Å². The Bertz CT molecular complexity index is 329. The quantitative estimate of drug-likeness (QED) is 0.350.